The number of benzene rings is 2. The predicted octanol–water partition coefficient (Wildman–Crippen LogP) is 11.3. The standard InChI is InChI=1S/C44H32O4S3/c45-36-25-11-3-4-12-26(25)37(46)29(36)19-23-21-31-40(49-23)33-34(43(31)15-7-1-8-16-43)42-35(44(33)17-9-2-10-18-44)41-32(51-42)22-24(50-41)20-30-38(47)27-13-5-6-14-28(27)39(30)48/h3-6,11-14,19-22H,1-2,7-10,15-18H2. The summed E-state index contributed by atoms with van der Waals surface area (Å²) >= 11 is 5.45. The van der Waals surface area contributed by atoms with Crippen molar-refractivity contribution in [2.24, 2.45) is 0 Å². The van der Waals surface area contributed by atoms with Crippen LogP contribution < -0.4 is 0 Å². The average molecular weight is 721 g/mol. The Hall–Kier alpha value is -4.30. The highest BCUT2D eigenvalue weighted by atomic mass is 32.1. The van der Waals surface area contributed by atoms with E-state index >= 15 is 0 Å². The van der Waals surface area contributed by atoms with Crippen molar-refractivity contribution in [3.63, 3.8) is 0 Å². The Morgan fingerprint density at radius 1 is 0.510 bits per heavy atom. The van der Waals surface area contributed by atoms with E-state index in [1.165, 1.54) is 74.4 Å². The van der Waals surface area contributed by atoms with E-state index in [-0.39, 0.29) is 45.1 Å². The summed E-state index contributed by atoms with van der Waals surface area (Å²) in [6.07, 6.45) is 15.4. The number of carbonyl (C=O) groups excluding carboxylic acids is 4. The van der Waals surface area contributed by atoms with Gasteiger partial charge in [-0.25, -0.2) is 0 Å². The summed E-state index contributed by atoms with van der Waals surface area (Å²) in [6.45, 7) is 0. The van der Waals surface area contributed by atoms with E-state index in [0.29, 0.717) is 22.3 Å². The number of Topliss-reactive ketones (excluding diaryl/α,β-unsaturated/α-hetero) is 4. The topological polar surface area (TPSA) is 68.3 Å². The zero-order valence-corrected chi connectivity index (χ0v) is 30.3. The first kappa shape index (κ1) is 30.3. The van der Waals surface area contributed by atoms with E-state index in [4.69, 9.17) is 0 Å². The van der Waals surface area contributed by atoms with Crippen molar-refractivity contribution in [2.75, 3.05) is 0 Å². The molecule has 6 aliphatic rings. The molecular formula is C44H32O4S3. The van der Waals surface area contributed by atoms with Crippen molar-refractivity contribution >= 4 is 89.8 Å². The third-order valence-electron chi connectivity index (χ3n) is 12.6. The highest BCUT2D eigenvalue weighted by molar-refractivity contribution is 7.29. The number of hydrogen-bond donors (Lipinski definition) is 0. The molecule has 0 radical (unpaired) electrons. The van der Waals surface area contributed by atoms with Gasteiger partial charge in [-0.1, -0.05) is 87.1 Å². The molecule has 0 amide bonds. The fourth-order valence-electron chi connectivity index (χ4n) is 10.4. The van der Waals surface area contributed by atoms with Crippen LogP contribution in [0.5, 0.6) is 0 Å². The Morgan fingerprint density at radius 3 is 1.51 bits per heavy atom. The number of ketones is 4. The maximum absolute atomic E-state index is 13.4. The fourth-order valence-corrected chi connectivity index (χ4v) is 14.7. The Morgan fingerprint density at radius 2 is 0.980 bits per heavy atom. The van der Waals surface area contributed by atoms with Crippen LogP contribution in [0.1, 0.15) is 136 Å². The molecule has 250 valence electrons. The number of hydrogen-bond acceptors (Lipinski definition) is 7. The molecule has 11 rings (SSSR count). The zero-order valence-electron chi connectivity index (χ0n) is 27.9. The van der Waals surface area contributed by atoms with Gasteiger partial charge in [-0.05, 0) is 72.2 Å². The summed E-state index contributed by atoms with van der Waals surface area (Å²) in [5, 5.41) is 0. The molecule has 2 fully saturated rings. The van der Waals surface area contributed by atoms with Crippen molar-refractivity contribution in [1.29, 1.82) is 0 Å². The summed E-state index contributed by atoms with van der Waals surface area (Å²) < 4.78 is 2.58. The molecule has 3 aromatic heterocycles. The van der Waals surface area contributed by atoms with Crippen molar-refractivity contribution in [3.05, 3.63) is 125 Å². The Kier molecular flexibility index (Phi) is 6.32. The van der Waals surface area contributed by atoms with Gasteiger partial charge in [-0.3, -0.25) is 19.2 Å². The molecule has 2 spiro atoms. The highest BCUT2D eigenvalue weighted by Gasteiger charge is 2.59. The first-order valence-electron chi connectivity index (χ1n) is 18.2. The Labute approximate surface area is 307 Å². The summed E-state index contributed by atoms with van der Waals surface area (Å²) in [4.78, 5) is 58.2. The first-order valence-corrected chi connectivity index (χ1v) is 20.6. The van der Waals surface area contributed by atoms with Crippen LogP contribution in [0.2, 0.25) is 0 Å². The maximum Gasteiger partial charge on any atom is 0.197 e. The van der Waals surface area contributed by atoms with Gasteiger partial charge in [0.15, 0.2) is 23.1 Å². The minimum atomic E-state index is -0.179. The fraction of sp³-hybridized carbons (Fsp3) is 0.273. The van der Waals surface area contributed by atoms with E-state index in [9.17, 15) is 19.2 Å². The average Bonchev–Trinajstić information content (AvgIpc) is 4.00. The number of allylic oxidation sites excluding steroid dienone is 4. The van der Waals surface area contributed by atoms with Gasteiger partial charge >= 0.3 is 0 Å². The van der Waals surface area contributed by atoms with Crippen molar-refractivity contribution in [3.8, 4) is 0 Å². The lowest BCUT2D eigenvalue weighted by molar-refractivity contribution is 0.0975. The van der Waals surface area contributed by atoms with E-state index in [2.05, 4.69) is 12.1 Å². The third kappa shape index (κ3) is 3.89. The van der Waals surface area contributed by atoms with Crippen LogP contribution in [0.4, 0.5) is 0 Å². The molecule has 0 unspecified atom stereocenters. The molecule has 0 saturated heterocycles. The lowest BCUT2D eigenvalue weighted by Gasteiger charge is -2.37. The number of fused-ring (bicyclic) bond motifs is 12. The molecule has 5 aromatic rings. The molecule has 7 heteroatoms. The zero-order chi connectivity index (χ0) is 34.2. The van der Waals surface area contributed by atoms with E-state index in [0.717, 1.165) is 35.4 Å². The molecule has 3 heterocycles. The molecule has 2 aromatic carbocycles. The van der Waals surface area contributed by atoms with Crippen LogP contribution in [0, 0.1) is 0 Å². The maximum atomic E-state index is 13.4. The smallest absolute Gasteiger partial charge is 0.197 e. The summed E-state index contributed by atoms with van der Waals surface area (Å²) in [5.74, 6) is -0.692. The highest BCUT2D eigenvalue weighted by Crippen LogP contribution is 2.72. The largest absolute Gasteiger partial charge is 0.288 e. The molecule has 0 N–H and O–H groups in total. The lowest BCUT2D eigenvalue weighted by atomic mass is 9.67. The second kappa shape index (κ2) is 10.6. The van der Waals surface area contributed by atoms with Gasteiger partial charge in [0.25, 0.3) is 0 Å². The van der Waals surface area contributed by atoms with Crippen LogP contribution in [-0.2, 0) is 10.8 Å². The van der Waals surface area contributed by atoms with Crippen molar-refractivity contribution < 1.29 is 19.2 Å². The van der Waals surface area contributed by atoms with Gasteiger partial charge in [0.1, 0.15) is 0 Å². The Balaban J connectivity index is 1.07. The van der Waals surface area contributed by atoms with Crippen LogP contribution in [0.25, 0.3) is 32.7 Å². The predicted molar refractivity (Wildman–Crippen MR) is 207 cm³/mol. The number of thiophene rings is 3. The minimum absolute atomic E-state index is 0.0508. The molecule has 0 bridgehead atoms. The number of rotatable bonds is 2. The van der Waals surface area contributed by atoms with Crippen LogP contribution in [0.3, 0.4) is 0 Å². The van der Waals surface area contributed by atoms with Crippen LogP contribution in [0.15, 0.2) is 71.8 Å². The second-order valence-corrected chi connectivity index (χ2v) is 18.3. The minimum Gasteiger partial charge on any atom is -0.288 e. The lowest BCUT2D eigenvalue weighted by Crippen LogP contribution is -2.28. The molecular weight excluding hydrogens is 689 g/mol. The normalized spacial score (nSPS) is 20.9. The SMILES string of the molecule is O=C1C(=Cc2cc3c(s2)C2=C(c4sc5cc(C=C6C(=O)c7ccccc7C6=O)sc5c4C24CCCCC4)C32CCCCC2)C(=O)c2ccccc21. The van der Waals surface area contributed by atoms with Crippen LogP contribution >= 0.6 is 34.0 Å². The third-order valence-corrected chi connectivity index (χ3v) is 16.1. The number of carbonyl (C=O) groups is 4. The van der Waals surface area contributed by atoms with Gasteiger partial charge in [-0.15, -0.1) is 34.0 Å². The van der Waals surface area contributed by atoms with E-state index < -0.39 is 0 Å². The quantitative estimate of drug-likeness (QED) is 0.134. The molecule has 6 aliphatic carbocycles. The van der Waals surface area contributed by atoms with Gasteiger partial charge in [0.05, 0.1) is 15.8 Å². The first-order chi connectivity index (χ1) is 24.9. The molecule has 4 nitrogen and oxygen atoms in total. The molecule has 51 heavy (non-hydrogen) atoms. The second-order valence-electron chi connectivity index (χ2n) is 15.1. The summed E-state index contributed by atoms with van der Waals surface area (Å²) in [6, 6.07) is 18.9. The Bertz CT molecular complexity index is 2490. The molecule has 0 aliphatic heterocycles. The van der Waals surface area contributed by atoms with Crippen molar-refractivity contribution in [2.45, 2.75) is 75.0 Å². The van der Waals surface area contributed by atoms with E-state index in [1.807, 2.05) is 47.8 Å². The van der Waals surface area contributed by atoms with Gasteiger partial charge in [0, 0.05) is 57.3 Å². The van der Waals surface area contributed by atoms with Gasteiger partial charge < -0.3 is 0 Å². The van der Waals surface area contributed by atoms with E-state index in [1.54, 1.807) is 52.5 Å². The molecule has 0 atom stereocenters. The molecule has 2 saturated carbocycles. The van der Waals surface area contributed by atoms with Crippen LogP contribution in [-0.4, -0.2) is 23.1 Å². The van der Waals surface area contributed by atoms with Gasteiger partial charge in [-0.2, -0.15) is 0 Å². The summed E-state index contributed by atoms with van der Waals surface area (Å²) in [5.41, 5.74) is 8.47. The van der Waals surface area contributed by atoms with Crippen molar-refractivity contribution in [1.82, 2.24) is 0 Å². The monoisotopic (exact) mass is 720 g/mol. The van der Waals surface area contributed by atoms with Gasteiger partial charge in [0.2, 0.25) is 0 Å². The summed E-state index contributed by atoms with van der Waals surface area (Å²) in [7, 11) is 0.